The topological polar surface area (TPSA) is 322 Å². The molecule has 0 aliphatic carbocycles. The molecule has 3 fully saturated rings. The second kappa shape index (κ2) is 10.6. The maximum absolute atomic E-state index is 15.8. The van der Waals surface area contributed by atoms with Crippen LogP contribution in [0.15, 0.2) is 17.4 Å². The molecule has 3 saturated heterocycles. The van der Waals surface area contributed by atoms with E-state index in [4.69, 9.17) is 34.2 Å². The number of fused-ring (bicyclic) bond motifs is 4. The average molecular weight is 676 g/mol. The molecule has 4 aromatic heterocycles. The Morgan fingerprint density at radius 2 is 1.87 bits per heavy atom. The van der Waals surface area contributed by atoms with Crippen molar-refractivity contribution >= 4 is 52.2 Å². The van der Waals surface area contributed by atoms with Gasteiger partial charge in [-0.1, -0.05) is 5.21 Å². The lowest BCUT2D eigenvalue weighted by Gasteiger charge is -2.26. The number of phosphoric ester groups is 1. The summed E-state index contributed by atoms with van der Waals surface area (Å²) < 4.78 is 85.6. The second-order valence-corrected chi connectivity index (χ2v) is 12.8. The molecule has 7 heterocycles. The van der Waals surface area contributed by atoms with Gasteiger partial charge in [0.25, 0.3) is 5.56 Å². The molecule has 0 amide bonds. The smallest absolute Gasteiger partial charge is 0.386 e. The summed E-state index contributed by atoms with van der Waals surface area (Å²) in [6.07, 6.45) is -11.6. The van der Waals surface area contributed by atoms with Gasteiger partial charge < -0.3 is 30.9 Å². The van der Waals surface area contributed by atoms with E-state index >= 15 is 4.39 Å². The monoisotopic (exact) mass is 676 g/mol. The van der Waals surface area contributed by atoms with E-state index < -0.39 is 86.0 Å². The number of ether oxygens (including phenoxy) is 2. The van der Waals surface area contributed by atoms with Crippen molar-refractivity contribution in [1.29, 1.82) is 0 Å². The van der Waals surface area contributed by atoms with Crippen LogP contribution >= 0.6 is 7.82 Å². The normalized spacial score (nSPS) is 35.5. The van der Waals surface area contributed by atoms with Crippen LogP contribution in [0, 0.1) is 0 Å². The number of H-pyrrole nitrogens is 1. The lowest BCUT2D eigenvalue weighted by molar-refractivity contribution is -0.0547. The third-order valence-corrected chi connectivity index (χ3v) is 9.17. The summed E-state index contributed by atoms with van der Waals surface area (Å²) in [5, 5.41) is 18.4. The number of nitrogens with zero attached hydrogens (tertiary/aromatic N) is 8. The highest BCUT2D eigenvalue weighted by Gasteiger charge is 2.54. The fourth-order valence-electron chi connectivity index (χ4n) is 5.19. The molecule has 3 aliphatic heterocycles. The standard InChI is InChI=1S/C19H22FN12O11PS/c20-7-11-6(41-17(7)32-15-9(29-30-32)16(34)28-19(22)27-15)2-39-44(35,36)42-12-5(1-26-45(37,38)43-11)40-18(10(12)33)31-4-25-8-13(21)23-3-24-14(8)31/h3-7,10-12,17-18,26,33H,1-2H2,(H,35,36)(H2,21,23,24)(H3,22,27,28,34)/t5-,6-,7-,10-,11-,12-,17-,18-/m1/s1. The van der Waals surface area contributed by atoms with Crippen LogP contribution in [0.3, 0.4) is 0 Å². The number of aliphatic hydroxyl groups is 1. The Labute approximate surface area is 248 Å². The molecule has 23 nitrogen and oxygen atoms in total. The predicted octanol–water partition coefficient (Wildman–Crippen LogP) is -3.25. The van der Waals surface area contributed by atoms with E-state index in [-0.39, 0.29) is 34.1 Å². The Hall–Kier alpha value is -3.78. The fourth-order valence-corrected chi connectivity index (χ4v) is 7.11. The van der Waals surface area contributed by atoms with Crippen molar-refractivity contribution in [2.75, 3.05) is 24.6 Å². The number of aromatic amines is 1. The van der Waals surface area contributed by atoms with Crippen molar-refractivity contribution < 1.29 is 50.1 Å². The number of phosphoric acid groups is 1. The molecule has 9 atom stereocenters. The number of nitrogens with two attached hydrogens (primary N) is 2. The quantitative estimate of drug-likeness (QED) is 0.114. The Morgan fingerprint density at radius 1 is 1.09 bits per heavy atom. The molecule has 0 saturated carbocycles. The van der Waals surface area contributed by atoms with Gasteiger partial charge in [-0.15, -0.1) is 5.10 Å². The molecule has 1 unspecified atom stereocenters. The highest BCUT2D eigenvalue weighted by Crippen LogP contribution is 2.50. The molecule has 0 radical (unpaired) electrons. The lowest BCUT2D eigenvalue weighted by Crippen LogP contribution is -2.45. The summed E-state index contributed by atoms with van der Waals surface area (Å²) in [6, 6.07) is 0. The van der Waals surface area contributed by atoms with Crippen LogP contribution in [0.5, 0.6) is 0 Å². The van der Waals surface area contributed by atoms with Gasteiger partial charge in [0, 0.05) is 6.54 Å². The summed E-state index contributed by atoms with van der Waals surface area (Å²) in [7, 11) is -9.90. The number of anilines is 2. The fraction of sp³-hybridized carbons (Fsp3) is 0.526. The van der Waals surface area contributed by atoms with Crippen molar-refractivity contribution in [1.82, 2.24) is 49.2 Å². The highest BCUT2D eigenvalue weighted by atomic mass is 32.2. The predicted molar refractivity (Wildman–Crippen MR) is 141 cm³/mol. The average Bonchev–Trinajstić information content (AvgIpc) is 3.72. The van der Waals surface area contributed by atoms with Gasteiger partial charge in [-0.05, 0) is 0 Å². The van der Waals surface area contributed by atoms with E-state index in [2.05, 4.69) is 40.0 Å². The number of nitrogen functional groups attached to an aromatic ring is 2. The molecule has 3 aliphatic rings. The number of aliphatic hydroxyl groups excluding tert-OH is 1. The Kier molecular flexibility index (Phi) is 7.08. The van der Waals surface area contributed by atoms with E-state index in [0.717, 1.165) is 11.0 Å². The Morgan fingerprint density at radius 3 is 2.67 bits per heavy atom. The first-order chi connectivity index (χ1) is 21.3. The van der Waals surface area contributed by atoms with Gasteiger partial charge in [-0.3, -0.25) is 23.4 Å². The van der Waals surface area contributed by atoms with E-state index in [1.54, 1.807) is 0 Å². The van der Waals surface area contributed by atoms with E-state index in [1.165, 1.54) is 10.9 Å². The zero-order valence-corrected chi connectivity index (χ0v) is 23.9. The molecule has 4 aromatic rings. The van der Waals surface area contributed by atoms with E-state index in [1.807, 2.05) is 0 Å². The molecule has 0 spiro atoms. The minimum absolute atomic E-state index is 0.0272. The number of hydrogen-bond donors (Lipinski definition) is 6. The number of imidazole rings is 1. The van der Waals surface area contributed by atoms with Crippen LogP contribution in [0.25, 0.3) is 22.3 Å². The van der Waals surface area contributed by atoms with Crippen molar-refractivity contribution in [2.24, 2.45) is 0 Å². The first-order valence-electron chi connectivity index (χ1n) is 12.8. The summed E-state index contributed by atoms with van der Waals surface area (Å²) >= 11 is 0. The Bertz CT molecular complexity index is 2010. The summed E-state index contributed by atoms with van der Waals surface area (Å²) in [5.41, 5.74) is 10.3. The molecule has 26 heteroatoms. The molecular weight excluding hydrogens is 654 g/mol. The number of hydrogen-bond acceptors (Lipinski definition) is 18. The molecule has 0 aromatic carbocycles. The zero-order valence-electron chi connectivity index (χ0n) is 22.2. The lowest BCUT2D eigenvalue weighted by atomic mass is 10.1. The van der Waals surface area contributed by atoms with Gasteiger partial charge in [0.05, 0.1) is 12.9 Å². The number of alkyl halides is 1. The van der Waals surface area contributed by atoms with Crippen molar-refractivity contribution in [3.05, 3.63) is 23.0 Å². The van der Waals surface area contributed by atoms with Gasteiger partial charge >= 0.3 is 18.1 Å². The number of aromatic nitrogens is 9. The number of rotatable bonds is 2. The minimum atomic E-state index is -5.09. The van der Waals surface area contributed by atoms with Crippen LogP contribution in [0.1, 0.15) is 12.5 Å². The summed E-state index contributed by atoms with van der Waals surface area (Å²) in [5.74, 6) is -0.323. The van der Waals surface area contributed by atoms with Crippen LogP contribution < -0.4 is 21.7 Å². The first-order valence-corrected chi connectivity index (χ1v) is 15.7. The summed E-state index contributed by atoms with van der Waals surface area (Å²) in [4.78, 5) is 40.7. The number of halogens is 1. The van der Waals surface area contributed by atoms with E-state index in [9.17, 15) is 27.8 Å². The van der Waals surface area contributed by atoms with Crippen molar-refractivity contribution in [3.63, 3.8) is 0 Å². The molecule has 8 N–H and O–H groups in total. The van der Waals surface area contributed by atoms with Crippen LogP contribution in [0.4, 0.5) is 16.2 Å². The van der Waals surface area contributed by atoms with Crippen LogP contribution in [0.2, 0.25) is 0 Å². The van der Waals surface area contributed by atoms with Gasteiger partial charge in [0.2, 0.25) is 5.95 Å². The van der Waals surface area contributed by atoms with Gasteiger partial charge in [-0.25, -0.2) is 28.1 Å². The second-order valence-electron chi connectivity index (χ2n) is 10.0. The van der Waals surface area contributed by atoms with E-state index in [0.29, 0.717) is 0 Å². The first kappa shape index (κ1) is 29.9. The maximum atomic E-state index is 15.8. The van der Waals surface area contributed by atoms with Crippen molar-refractivity contribution in [2.45, 2.75) is 49.1 Å². The van der Waals surface area contributed by atoms with Gasteiger partial charge in [0.15, 0.2) is 41.3 Å². The number of nitrogens with one attached hydrogen (secondary N) is 2. The maximum Gasteiger partial charge on any atom is 0.472 e. The molecule has 45 heavy (non-hydrogen) atoms. The third-order valence-electron chi connectivity index (χ3n) is 7.19. The minimum Gasteiger partial charge on any atom is -0.386 e. The molecular formula is C19H22FN12O11PS. The van der Waals surface area contributed by atoms with Crippen LogP contribution in [-0.2, 0) is 37.6 Å². The van der Waals surface area contributed by atoms with Crippen molar-refractivity contribution in [3.8, 4) is 0 Å². The largest absolute Gasteiger partial charge is 0.472 e. The third kappa shape index (κ3) is 5.21. The molecule has 7 rings (SSSR count). The summed E-state index contributed by atoms with van der Waals surface area (Å²) in [6.45, 7) is -1.64. The van der Waals surface area contributed by atoms with Crippen LogP contribution in [-0.4, -0.2) is 113 Å². The molecule has 0 bridgehead atoms. The zero-order chi connectivity index (χ0) is 31.8. The van der Waals surface area contributed by atoms with Gasteiger partial charge in [0.1, 0.15) is 42.4 Å². The molecule has 242 valence electrons. The Balaban J connectivity index is 1.17. The SMILES string of the molecule is Nc1nc2c(nnn2[C@@H]2O[C@@H]3COP(=O)(O)O[C@H]4[C@@H](O)[C@H](n5cnc6c(N)ncnc65)O[C@@H]4CNS(=O)(=O)O[C@H]3[C@H]2F)c(=O)[nH]1. The highest BCUT2D eigenvalue weighted by molar-refractivity contribution is 7.84. The van der Waals surface area contributed by atoms with Gasteiger partial charge in [-0.2, -0.15) is 22.8 Å².